The first-order valence-corrected chi connectivity index (χ1v) is 15.7. The van der Waals surface area contributed by atoms with Crippen molar-refractivity contribution in [3.8, 4) is 5.75 Å². The van der Waals surface area contributed by atoms with Gasteiger partial charge in [0.05, 0.1) is 18.4 Å². The van der Waals surface area contributed by atoms with E-state index >= 15 is 0 Å². The highest BCUT2D eigenvalue weighted by Crippen LogP contribution is 2.20. The van der Waals surface area contributed by atoms with Gasteiger partial charge in [-0.25, -0.2) is 4.39 Å². The Labute approximate surface area is 238 Å². The maximum atomic E-state index is 14.6. The van der Waals surface area contributed by atoms with Crippen molar-refractivity contribution in [2.24, 2.45) is 0 Å². The molecular weight excluding hydrogens is 507 g/mol. The molecule has 0 aliphatic heterocycles. The zero-order chi connectivity index (χ0) is 27.7. The number of aryl methyl sites for hydroxylation is 1. The first-order chi connectivity index (χ1) is 19.0. The third kappa shape index (κ3) is 11.9. The Balaban J connectivity index is 1.30. The van der Waals surface area contributed by atoms with E-state index in [-0.39, 0.29) is 18.1 Å². The second-order valence-electron chi connectivity index (χ2n) is 10.6. The molecule has 0 aliphatic carbocycles. The highest BCUT2D eigenvalue weighted by molar-refractivity contribution is 7.07. The molecule has 0 bridgehead atoms. The summed E-state index contributed by atoms with van der Waals surface area (Å²) < 4.78 is 22.4. The summed E-state index contributed by atoms with van der Waals surface area (Å²) in [5.41, 5.74) is 5.77. The van der Waals surface area contributed by atoms with Crippen LogP contribution in [0, 0.1) is 12.7 Å². The number of hydrogen-bond acceptors (Lipinski definition) is 3. The first-order valence-electron chi connectivity index (χ1n) is 14.8. The molecule has 39 heavy (non-hydrogen) atoms. The first kappa shape index (κ1) is 30.8. The second kappa shape index (κ2) is 17.8. The Morgan fingerprint density at radius 3 is 2.23 bits per heavy atom. The fourth-order valence-corrected chi connectivity index (χ4v) is 5.53. The van der Waals surface area contributed by atoms with Gasteiger partial charge in [-0.1, -0.05) is 107 Å². The monoisotopic (exact) mass is 553 g/mol. The third-order valence-corrected chi connectivity index (χ3v) is 7.91. The largest absolute Gasteiger partial charge is 0.491 e. The van der Waals surface area contributed by atoms with Crippen LogP contribution in [0.2, 0.25) is 0 Å². The van der Waals surface area contributed by atoms with E-state index in [0.29, 0.717) is 12.2 Å². The lowest BCUT2D eigenvalue weighted by Crippen LogP contribution is -2.34. The van der Waals surface area contributed by atoms with Gasteiger partial charge in [0.2, 0.25) is 11.4 Å². The molecule has 0 fully saturated rings. The molecule has 3 aromatic rings. The van der Waals surface area contributed by atoms with Gasteiger partial charge in [-0.2, -0.15) is 4.57 Å². The number of halogens is 1. The number of rotatable bonds is 19. The van der Waals surface area contributed by atoms with Gasteiger partial charge in [-0.15, -0.1) is 0 Å². The summed E-state index contributed by atoms with van der Waals surface area (Å²) in [6.07, 6.45) is 15.5. The van der Waals surface area contributed by atoms with Crippen LogP contribution in [0.25, 0.3) is 0 Å². The summed E-state index contributed by atoms with van der Waals surface area (Å²) in [7, 11) is 0. The number of ether oxygens (including phenoxy) is 1. The summed E-state index contributed by atoms with van der Waals surface area (Å²) in [5.74, 6) is -0.323. The van der Waals surface area contributed by atoms with E-state index in [4.69, 9.17) is 4.74 Å². The van der Waals surface area contributed by atoms with Crippen molar-refractivity contribution in [1.82, 2.24) is 0 Å². The fraction of sp³-hybridized carbons (Fsp3) is 0.515. The van der Waals surface area contributed by atoms with Crippen LogP contribution in [0.4, 0.5) is 10.1 Å². The summed E-state index contributed by atoms with van der Waals surface area (Å²) in [6, 6.07) is 12.7. The number of nitrogens with one attached hydrogen (secondary N) is 1. The quantitative estimate of drug-likeness (QED) is 0.119. The molecule has 0 radical (unpaired) electrons. The van der Waals surface area contributed by atoms with E-state index in [1.807, 2.05) is 24.3 Å². The number of hydrogen-bond donors (Lipinski definition) is 1. The van der Waals surface area contributed by atoms with Crippen molar-refractivity contribution in [2.75, 3.05) is 11.9 Å². The predicted molar refractivity (Wildman–Crippen MR) is 160 cm³/mol. The van der Waals surface area contributed by atoms with E-state index in [9.17, 15) is 9.18 Å². The lowest BCUT2D eigenvalue weighted by Gasteiger charge is -2.10. The van der Waals surface area contributed by atoms with Gasteiger partial charge in [-0.3, -0.25) is 4.79 Å². The molecule has 3 rings (SSSR count). The maximum Gasteiger partial charge on any atom is 0.228 e. The Kier molecular flexibility index (Phi) is 14.0. The topological polar surface area (TPSA) is 42.2 Å². The van der Waals surface area contributed by atoms with E-state index in [1.165, 1.54) is 76.0 Å². The molecule has 0 saturated heterocycles. The molecule has 2 aromatic carbocycles. The Bertz CT molecular complexity index is 1130. The summed E-state index contributed by atoms with van der Waals surface area (Å²) >= 11 is 1.67. The number of benzene rings is 2. The zero-order valence-electron chi connectivity index (χ0n) is 23.9. The minimum atomic E-state index is -0.413. The average Bonchev–Trinajstić information content (AvgIpc) is 3.32. The molecule has 0 unspecified atom stereocenters. The number of amides is 1. The van der Waals surface area contributed by atoms with Gasteiger partial charge in [0.15, 0.2) is 23.8 Å². The summed E-state index contributed by atoms with van der Waals surface area (Å²) in [6.45, 7) is 5.62. The Morgan fingerprint density at radius 2 is 1.59 bits per heavy atom. The fourth-order valence-electron chi connectivity index (χ4n) is 4.75. The van der Waals surface area contributed by atoms with E-state index in [1.54, 1.807) is 23.5 Å². The van der Waals surface area contributed by atoms with Crippen LogP contribution < -0.4 is 14.6 Å². The number of carbonyl (C=O) groups is 1. The zero-order valence-corrected chi connectivity index (χ0v) is 24.7. The minimum Gasteiger partial charge on any atom is -0.491 e. The smallest absolute Gasteiger partial charge is 0.228 e. The maximum absolute atomic E-state index is 14.6. The van der Waals surface area contributed by atoms with Gasteiger partial charge < -0.3 is 10.1 Å². The predicted octanol–water partition coefficient (Wildman–Crippen LogP) is 8.79. The standard InChI is InChI=1S/C33H45FN2O2S/c1-3-4-5-6-7-8-9-10-11-12-13-14-20-38-32-19-18-28(22-31(32)34)23-33(37)35-30-17-15-16-29(21-30)24-36-26-39-25-27(36)2/h15-19,21-22,25-26H,3-14,20,23-24H2,1-2H3/p+1. The molecule has 0 spiro atoms. The highest BCUT2D eigenvalue weighted by atomic mass is 32.1. The van der Waals surface area contributed by atoms with Gasteiger partial charge >= 0.3 is 0 Å². The number of anilines is 1. The molecule has 1 aromatic heterocycles. The second-order valence-corrected chi connectivity index (χ2v) is 11.3. The van der Waals surface area contributed by atoms with Crippen LogP contribution in [0.3, 0.4) is 0 Å². The number of thiazole rings is 1. The van der Waals surface area contributed by atoms with Crippen LogP contribution in [0.15, 0.2) is 53.4 Å². The van der Waals surface area contributed by atoms with Gasteiger partial charge in [-0.05, 0) is 36.2 Å². The highest BCUT2D eigenvalue weighted by Gasteiger charge is 2.11. The van der Waals surface area contributed by atoms with Gasteiger partial charge in [0, 0.05) is 18.2 Å². The van der Waals surface area contributed by atoms with Crippen molar-refractivity contribution < 1.29 is 18.5 Å². The normalized spacial score (nSPS) is 11.1. The number of unbranched alkanes of at least 4 members (excludes halogenated alkanes) is 11. The Hall–Kier alpha value is -2.73. The molecule has 212 valence electrons. The SMILES string of the molecule is CCCCCCCCCCCCCCOc1ccc(CC(=O)Nc2cccc(C[n+]3cscc3C)c2)cc1F. The van der Waals surface area contributed by atoms with Crippen LogP contribution >= 0.6 is 11.3 Å². The molecule has 0 aliphatic rings. The van der Waals surface area contributed by atoms with Crippen molar-refractivity contribution in [1.29, 1.82) is 0 Å². The van der Waals surface area contributed by atoms with Gasteiger partial charge in [0.1, 0.15) is 0 Å². The van der Waals surface area contributed by atoms with Crippen molar-refractivity contribution in [3.05, 3.63) is 76.0 Å². The molecule has 6 heteroatoms. The van der Waals surface area contributed by atoms with E-state index < -0.39 is 5.82 Å². The molecule has 1 heterocycles. The molecule has 1 amide bonds. The molecule has 4 nitrogen and oxygen atoms in total. The van der Waals surface area contributed by atoms with Crippen molar-refractivity contribution in [2.45, 2.75) is 104 Å². The number of aromatic nitrogens is 1. The molecule has 1 N–H and O–H groups in total. The van der Waals surface area contributed by atoms with E-state index in [0.717, 1.165) is 30.6 Å². The average molecular weight is 554 g/mol. The minimum absolute atomic E-state index is 0.110. The number of nitrogens with zero attached hydrogens (tertiary/aromatic N) is 1. The van der Waals surface area contributed by atoms with Crippen LogP contribution in [-0.2, 0) is 17.8 Å². The van der Waals surface area contributed by atoms with Crippen molar-refractivity contribution in [3.63, 3.8) is 0 Å². The van der Waals surface area contributed by atoms with Gasteiger partial charge in [0.25, 0.3) is 0 Å². The molecular formula is C33H46FN2O2S+. The molecule has 0 atom stereocenters. The summed E-state index contributed by atoms with van der Waals surface area (Å²) in [4.78, 5) is 12.6. The lowest BCUT2D eigenvalue weighted by molar-refractivity contribution is -0.689. The van der Waals surface area contributed by atoms with Crippen LogP contribution in [0.1, 0.15) is 101 Å². The van der Waals surface area contributed by atoms with Crippen LogP contribution in [-0.4, -0.2) is 12.5 Å². The van der Waals surface area contributed by atoms with Crippen LogP contribution in [0.5, 0.6) is 5.75 Å². The lowest BCUT2D eigenvalue weighted by atomic mass is 10.1. The molecule has 0 saturated carbocycles. The summed E-state index contributed by atoms with van der Waals surface area (Å²) in [5, 5.41) is 5.05. The van der Waals surface area contributed by atoms with Crippen molar-refractivity contribution >= 4 is 22.9 Å². The Morgan fingerprint density at radius 1 is 0.897 bits per heavy atom. The van der Waals surface area contributed by atoms with E-state index in [2.05, 4.69) is 34.6 Å². The third-order valence-electron chi connectivity index (χ3n) is 7.06. The number of carbonyl (C=O) groups excluding carboxylic acids is 1.